The fraction of sp³-hybridized carbons (Fsp3) is 0.778. The van der Waals surface area contributed by atoms with Crippen LogP contribution in [0.15, 0.2) is 18.2 Å². The molecule has 0 spiro atoms. The Morgan fingerprint density at radius 2 is 1.53 bits per heavy atom. The lowest BCUT2D eigenvalue weighted by Crippen LogP contribution is -2.62. The van der Waals surface area contributed by atoms with Crippen LogP contribution in [0.5, 0.6) is 11.5 Å². The van der Waals surface area contributed by atoms with Crippen LogP contribution in [0.2, 0.25) is 0 Å². The Kier molecular flexibility index (Phi) is 11.4. The molecule has 7 nitrogen and oxygen atoms in total. The molecule has 1 saturated heterocycles. The number of unbranched alkanes of at least 4 members (excludes halogenated alkanes) is 3. The fourth-order valence-electron chi connectivity index (χ4n) is 4.66. The van der Waals surface area contributed by atoms with E-state index in [9.17, 15) is 0 Å². The van der Waals surface area contributed by atoms with Crippen molar-refractivity contribution in [1.82, 2.24) is 0 Å². The summed E-state index contributed by atoms with van der Waals surface area (Å²) in [6.45, 7) is 8.96. The van der Waals surface area contributed by atoms with Gasteiger partial charge in [0, 0.05) is 38.6 Å². The summed E-state index contributed by atoms with van der Waals surface area (Å²) in [5, 5.41) is 0. The molecular formula is C27H44O7. The van der Waals surface area contributed by atoms with Crippen LogP contribution in [-0.4, -0.2) is 65.2 Å². The SMILES string of the molecule is CCCCOC[C@H]1O[C@@H]2Oc3cc(OC)ccc3[C@H](OC)[C@@H]2[C@@H](OCCCC)[C@@H]1OCCCC. The maximum Gasteiger partial charge on any atom is 0.208 e. The first-order valence-corrected chi connectivity index (χ1v) is 13.0. The molecule has 0 unspecified atom stereocenters. The zero-order valence-corrected chi connectivity index (χ0v) is 21.6. The van der Waals surface area contributed by atoms with Gasteiger partial charge in [-0.05, 0) is 31.4 Å². The van der Waals surface area contributed by atoms with Crippen molar-refractivity contribution >= 4 is 0 Å². The molecule has 6 atom stereocenters. The third-order valence-corrected chi connectivity index (χ3v) is 6.61. The van der Waals surface area contributed by atoms with E-state index in [4.69, 9.17) is 33.2 Å². The highest BCUT2D eigenvalue weighted by Crippen LogP contribution is 2.48. The van der Waals surface area contributed by atoms with E-state index in [0.717, 1.165) is 55.6 Å². The molecule has 0 saturated carbocycles. The van der Waals surface area contributed by atoms with E-state index >= 15 is 0 Å². The average Bonchev–Trinajstić information content (AvgIpc) is 2.86. The molecule has 2 aliphatic heterocycles. The molecule has 34 heavy (non-hydrogen) atoms. The van der Waals surface area contributed by atoms with Crippen molar-refractivity contribution in [3.8, 4) is 11.5 Å². The largest absolute Gasteiger partial charge is 0.497 e. The van der Waals surface area contributed by atoms with Crippen LogP contribution in [0.25, 0.3) is 0 Å². The lowest BCUT2D eigenvalue weighted by atomic mass is 9.81. The van der Waals surface area contributed by atoms with E-state index in [2.05, 4.69) is 20.8 Å². The molecule has 1 aromatic rings. The molecule has 2 heterocycles. The van der Waals surface area contributed by atoms with Gasteiger partial charge in [0.1, 0.15) is 23.7 Å². The second kappa shape index (κ2) is 14.2. The summed E-state index contributed by atoms with van der Waals surface area (Å²) in [5.74, 6) is 1.29. The second-order valence-corrected chi connectivity index (χ2v) is 9.10. The predicted octanol–water partition coefficient (Wildman–Crippen LogP) is 5.30. The molecular weight excluding hydrogens is 436 g/mol. The van der Waals surface area contributed by atoms with E-state index in [1.54, 1.807) is 14.2 Å². The first-order valence-electron chi connectivity index (χ1n) is 13.0. The maximum atomic E-state index is 6.54. The monoisotopic (exact) mass is 480 g/mol. The van der Waals surface area contributed by atoms with Crippen molar-refractivity contribution in [2.45, 2.75) is 90.0 Å². The number of hydrogen-bond acceptors (Lipinski definition) is 7. The number of fused-ring (bicyclic) bond motifs is 2. The zero-order chi connectivity index (χ0) is 24.3. The van der Waals surface area contributed by atoms with Crippen LogP contribution >= 0.6 is 0 Å². The third-order valence-electron chi connectivity index (χ3n) is 6.61. The summed E-state index contributed by atoms with van der Waals surface area (Å²) in [6, 6.07) is 5.84. The van der Waals surface area contributed by atoms with Crippen LogP contribution in [0, 0.1) is 5.92 Å². The summed E-state index contributed by atoms with van der Waals surface area (Å²) in [7, 11) is 3.38. The van der Waals surface area contributed by atoms with Crippen LogP contribution in [0.4, 0.5) is 0 Å². The molecule has 0 amide bonds. The highest BCUT2D eigenvalue weighted by Gasteiger charge is 2.54. The van der Waals surface area contributed by atoms with Gasteiger partial charge >= 0.3 is 0 Å². The van der Waals surface area contributed by atoms with Gasteiger partial charge in [-0.25, -0.2) is 0 Å². The molecule has 0 aromatic heterocycles. The predicted molar refractivity (Wildman–Crippen MR) is 131 cm³/mol. The van der Waals surface area contributed by atoms with Gasteiger partial charge in [-0.15, -0.1) is 0 Å². The van der Waals surface area contributed by atoms with Crippen LogP contribution < -0.4 is 9.47 Å². The maximum absolute atomic E-state index is 6.54. The van der Waals surface area contributed by atoms with E-state index in [1.165, 1.54) is 0 Å². The Morgan fingerprint density at radius 1 is 0.853 bits per heavy atom. The molecule has 194 valence electrons. The molecule has 0 radical (unpaired) electrons. The minimum atomic E-state index is -0.526. The first kappa shape index (κ1) is 27.2. The standard InChI is InChI=1S/C27H44O7/c1-6-9-14-30-18-22-25(31-15-10-7-2)26(32-16-11-8-3)23-24(29-5)20-13-12-19(28-4)17-21(20)33-27(23)34-22/h12-13,17,22-27H,6-11,14-16,18H2,1-5H3/t22-,23-,24+,25-,26-,27+/m1/s1. The van der Waals surface area contributed by atoms with Crippen molar-refractivity contribution in [2.24, 2.45) is 5.92 Å². The summed E-state index contributed by atoms with van der Waals surface area (Å²) in [4.78, 5) is 0. The van der Waals surface area contributed by atoms with Gasteiger partial charge in [-0.2, -0.15) is 0 Å². The van der Waals surface area contributed by atoms with Crippen molar-refractivity contribution in [3.05, 3.63) is 23.8 Å². The van der Waals surface area contributed by atoms with Gasteiger partial charge in [-0.3, -0.25) is 0 Å². The fourth-order valence-corrected chi connectivity index (χ4v) is 4.66. The van der Waals surface area contributed by atoms with Gasteiger partial charge < -0.3 is 33.2 Å². The molecule has 0 aliphatic carbocycles. The van der Waals surface area contributed by atoms with E-state index < -0.39 is 6.29 Å². The van der Waals surface area contributed by atoms with Crippen molar-refractivity contribution in [2.75, 3.05) is 40.6 Å². The Balaban J connectivity index is 1.91. The number of methoxy groups -OCH3 is 2. The Bertz CT molecular complexity index is 712. The lowest BCUT2D eigenvalue weighted by molar-refractivity contribution is -0.303. The van der Waals surface area contributed by atoms with Gasteiger partial charge in [0.25, 0.3) is 0 Å². The Labute approximate surface area is 205 Å². The Hall–Kier alpha value is -1.38. The van der Waals surface area contributed by atoms with Gasteiger partial charge in [0.15, 0.2) is 0 Å². The summed E-state index contributed by atoms with van der Waals surface area (Å²) in [6.07, 6.45) is 4.67. The molecule has 1 aromatic carbocycles. The van der Waals surface area contributed by atoms with Gasteiger partial charge in [0.05, 0.1) is 31.8 Å². The number of benzene rings is 1. The highest BCUT2D eigenvalue weighted by molar-refractivity contribution is 5.44. The molecule has 3 rings (SSSR count). The first-order chi connectivity index (χ1) is 16.7. The number of rotatable bonds is 15. The minimum absolute atomic E-state index is 0.165. The number of ether oxygens (including phenoxy) is 7. The van der Waals surface area contributed by atoms with Crippen LogP contribution in [-0.2, 0) is 23.7 Å². The third kappa shape index (κ3) is 6.64. The normalized spacial score (nSPS) is 28.1. The molecule has 7 heteroatoms. The van der Waals surface area contributed by atoms with E-state index in [1.807, 2.05) is 18.2 Å². The summed E-state index contributed by atoms with van der Waals surface area (Å²) in [5.41, 5.74) is 0.974. The van der Waals surface area contributed by atoms with E-state index in [-0.39, 0.29) is 30.3 Å². The molecule has 0 N–H and O–H groups in total. The van der Waals surface area contributed by atoms with Crippen molar-refractivity contribution in [1.29, 1.82) is 0 Å². The van der Waals surface area contributed by atoms with Crippen molar-refractivity contribution in [3.63, 3.8) is 0 Å². The Morgan fingerprint density at radius 3 is 2.18 bits per heavy atom. The van der Waals surface area contributed by atoms with Gasteiger partial charge in [0.2, 0.25) is 6.29 Å². The van der Waals surface area contributed by atoms with E-state index in [0.29, 0.717) is 26.4 Å². The quantitative estimate of drug-likeness (QED) is 0.316. The van der Waals surface area contributed by atoms with Gasteiger partial charge in [-0.1, -0.05) is 40.0 Å². The molecule has 2 aliphatic rings. The molecule has 1 fully saturated rings. The zero-order valence-electron chi connectivity index (χ0n) is 21.6. The lowest BCUT2D eigenvalue weighted by Gasteiger charge is -2.50. The topological polar surface area (TPSA) is 64.6 Å². The average molecular weight is 481 g/mol. The van der Waals surface area contributed by atoms with Crippen molar-refractivity contribution < 1.29 is 33.2 Å². The summed E-state index contributed by atoms with van der Waals surface area (Å²) >= 11 is 0. The summed E-state index contributed by atoms with van der Waals surface area (Å²) < 4.78 is 43.4. The highest BCUT2D eigenvalue weighted by atomic mass is 16.7. The number of hydrogen-bond donors (Lipinski definition) is 0. The van der Waals surface area contributed by atoms with Crippen LogP contribution in [0.1, 0.15) is 71.0 Å². The smallest absolute Gasteiger partial charge is 0.208 e. The second-order valence-electron chi connectivity index (χ2n) is 9.10. The molecule has 0 bridgehead atoms. The van der Waals surface area contributed by atoms with Crippen LogP contribution in [0.3, 0.4) is 0 Å². The minimum Gasteiger partial charge on any atom is -0.497 e.